The van der Waals surface area contributed by atoms with Gasteiger partial charge in [-0.25, -0.2) is 0 Å². The van der Waals surface area contributed by atoms with Crippen LogP contribution in [0.4, 0.5) is 0 Å². The molecule has 0 aliphatic rings. The lowest BCUT2D eigenvalue weighted by Gasteiger charge is -2.14. The van der Waals surface area contributed by atoms with Crippen LogP contribution in [0.2, 0.25) is 5.02 Å². The fourth-order valence-electron chi connectivity index (χ4n) is 1.51. The lowest BCUT2D eigenvalue weighted by atomic mass is 9.95. The van der Waals surface area contributed by atoms with E-state index < -0.39 is 0 Å². The molecule has 0 heterocycles. The number of aliphatic hydroxyl groups excluding tert-OH is 1. The molecule has 0 fully saturated rings. The van der Waals surface area contributed by atoms with Gasteiger partial charge in [0.25, 0.3) is 0 Å². The first-order valence-corrected chi connectivity index (χ1v) is 4.96. The van der Waals surface area contributed by atoms with E-state index in [0.717, 1.165) is 22.6 Å². The van der Waals surface area contributed by atoms with Gasteiger partial charge in [0.2, 0.25) is 0 Å². The third-order valence-corrected chi connectivity index (χ3v) is 2.67. The average Bonchev–Trinajstić information content (AvgIpc) is 2.16. The molecule has 13 heavy (non-hydrogen) atoms. The molecular weight excluding hydrogens is 184 g/mol. The Labute approximate surface area is 84.4 Å². The maximum absolute atomic E-state index is 9.06. The van der Waals surface area contributed by atoms with Crippen LogP contribution in [-0.2, 0) is 6.42 Å². The highest BCUT2D eigenvalue weighted by Crippen LogP contribution is 2.26. The molecule has 1 nitrogen and oxygen atoms in total. The molecule has 1 aromatic rings. The van der Waals surface area contributed by atoms with E-state index in [2.05, 4.69) is 6.92 Å². The smallest absolute Gasteiger partial charge is 0.0497 e. The van der Waals surface area contributed by atoms with E-state index in [-0.39, 0.29) is 12.5 Å². The zero-order valence-electron chi connectivity index (χ0n) is 8.05. The van der Waals surface area contributed by atoms with Gasteiger partial charge in [0.1, 0.15) is 0 Å². The van der Waals surface area contributed by atoms with Crippen LogP contribution in [0.15, 0.2) is 18.2 Å². The van der Waals surface area contributed by atoms with Crippen molar-refractivity contribution >= 4 is 11.6 Å². The fourth-order valence-corrected chi connectivity index (χ4v) is 1.82. The molecule has 1 aromatic carbocycles. The van der Waals surface area contributed by atoms with E-state index in [0.29, 0.717) is 0 Å². The van der Waals surface area contributed by atoms with Crippen LogP contribution in [0.25, 0.3) is 0 Å². The molecule has 1 N–H and O–H groups in total. The third kappa shape index (κ3) is 2.23. The minimum Gasteiger partial charge on any atom is -0.396 e. The monoisotopic (exact) mass is 198 g/mol. The molecule has 1 rings (SSSR count). The molecular formula is C11H15ClO. The molecule has 0 radical (unpaired) electrons. The minimum absolute atomic E-state index is 0.174. The van der Waals surface area contributed by atoms with E-state index in [9.17, 15) is 0 Å². The van der Waals surface area contributed by atoms with Gasteiger partial charge in [0.15, 0.2) is 0 Å². The van der Waals surface area contributed by atoms with Crippen molar-refractivity contribution < 1.29 is 5.11 Å². The Morgan fingerprint density at radius 2 is 2.15 bits per heavy atom. The Hall–Kier alpha value is -0.530. The Balaban J connectivity index is 3.12. The van der Waals surface area contributed by atoms with E-state index in [1.54, 1.807) is 0 Å². The van der Waals surface area contributed by atoms with Crippen molar-refractivity contribution in [3.63, 3.8) is 0 Å². The Kier molecular flexibility index (Phi) is 3.76. The topological polar surface area (TPSA) is 20.2 Å². The second kappa shape index (κ2) is 4.64. The summed E-state index contributed by atoms with van der Waals surface area (Å²) in [5, 5.41) is 9.86. The Bertz CT molecular complexity index is 283. The number of hydrogen-bond acceptors (Lipinski definition) is 1. The second-order valence-electron chi connectivity index (χ2n) is 3.24. The first-order valence-electron chi connectivity index (χ1n) is 4.58. The van der Waals surface area contributed by atoms with Gasteiger partial charge in [-0.1, -0.05) is 37.6 Å². The molecule has 0 bridgehead atoms. The molecule has 1 unspecified atom stereocenters. The number of benzene rings is 1. The predicted octanol–water partition coefficient (Wildman–Crippen LogP) is 3.00. The van der Waals surface area contributed by atoms with Crippen molar-refractivity contribution in [2.45, 2.75) is 26.2 Å². The number of hydrogen-bond donors (Lipinski definition) is 1. The van der Waals surface area contributed by atoms with Crippen LogP contribution in [0.5, 0.6) is 0 Å². The number of rotatable bonds is 3. The highest BCUT2D eigenvalue weighted by molar-refractivity contribution is 6.31. The van der Waals surface area contributed by atoms with Gasteiger partial charge in [0.05, 0.1) is 0 Å². The van der Waals surface area contributed by atoms with E-state index >= 15 is 0 Å². The zero-order valence-corrected chi connectivity index (χ0v) is 8.80. The summed E-state index contributed by atoms with van der Waals surface area (Å²) in [6.45, 7) is 4.26. The van der Waals surface area contributed by atoms with Crippen LogP contribution in [0.3, 0.4) is 0 Å². The molecule has 2 heteroatoms. The molecule has 0 aliphatic carbocycles. The van der Waals surface area contributed by atoms with Crippen molar-refractivity contribution in [1.82, 2.24) is 0 Å². The molecule has 0 aliphatic heterocycles. The summed E-state index contributed by atoms with van der Waals surface area (Å²) in [4.78, 5) is 0. The lowest BCUT2D eigenvalue weighted by molar-refractivity contribution is 0.272. The largest absolute Gasteiger partial charge is 0.396 e. The van der Waals surface area contributed by atoms with E-state index in [1.165, 1.54) is 0 Å². The van der Waals surface area contributed by atoms with Gasteiger partial charge in [-0.2, -0.15) is 0 Å². The van der Waals surface area contributed by atoms with Crippen molar-refractivity contribution in [2.24, 2.45) is 0 Å². The van der Waals surface area contributed by atoms with Gasteiger partial charge in [-0.15, -0.1) is 0 Å². The first-order chi connectivity index (χ1) is 6.20. The van der Waals surface area contributed by atoms with Crippen LogP contribution in [-0.4, -0.2) is 11.7 Å². The van der Waals surface area contributed by atoms with E-state index in [1.807, 2.05) is 25.1 Å². The summed E-state index contributed by atoms with van der Waals surface area (Å²) in [5.74, 6) is 0.175. The fraction of sp³-hybridized carbons (Fsp3) is 0.455. The highest BCUT2D eigenvalue weighted by Gasteiger charge is 2.10. The molecule has 0 aromatic heterocycles. The van der Waals surface area contributed by atoms with E-state index in [4.69, 9.17) is 16.7 Å². The van der Waals surface area contributed by atoms with Gasteiger partial charge in [-0.05, 0) is 23.6 Å². The summed E-state index contributed by atoms with van der Waals surface area (Å²) in [6, 6.07) is 5.86. The van der Waals surface area contributed by atoms with Gasteiger partial charge in [-0.3, -0.25) is 0 Å². The Morgan fingerprint density at radius 3 is 2.69 bits per heavy atom. The van der Waals surface area contributed by atoms with Crippen molar-refractivity contribution in [3.8, 4) is 0 Å². The van der Waals surface area contributed by atoms with Gasteiger partial charge in [0, 0.05) is 17.5 Å². The zero-order chi connectivity index (χ0) is 9.84. The van der Waals surface area contributed by atoms with Gasteiger partial charge < -0.3 is 5.11 Å². The molecule has 0 spiro atoms. The third-order valence-electron chi connectivity index (χ3n) is 2.31. The summed E-state index contributed by atoms with van der Waals surface area (Å²) in [5.41, 5.74) is 2.32. The Morgan fingerprint density at radius 1 is 1.46 bits per heavy atom. The maximum Gasteiger partial charge on any atom is 0.0497 e. The summed E-state index contributed by atoms with van der Waals surface area (Å²) < 4.78 is 0. The number of aliphatic hydroxyl groups is 1. The first kappa shape index (κ1) is 10.6. The van der Waals surface area contributed by atoms with Crippen LogP contribution in [0, 0.1) is 0 Å². The summed E-state index contributed by atoms with van der Waals surface area (Å²) in [6.07, 6.45) is 0.916. The molecule has 1 atom stereocenters. The van der Waals surface area contributed by atoms with Crippen LogP contribution < -0.4 is 0 Å². The second-order valence-corrected chi connectivity index (χ2v) is 3.65. The quantitative estimate of drug-likeness (QED) is 0.792. The SMILES string of the molecule is CCc1c(Cl)cccc1C(C)CO. The van der Waals surface area contributed by atoms with Gasteiger partial charge >= 0.3 is 0 Å². The maximum atomic E-state index is 9.06. The van der Waals surface area contributed by atoms with Crippen molar-refractivity contribution in [3.05, 3.63) is 34.3 Å². The molecule has 0 saturated carbocycles. The minimum atomic E-state index is 0.174. The van der Waals surface area contributed by atoms with Crippen LogP contribution in [0.1, 0.15) is 30.9 Å². The molecule has 0 amide bonds. The van der Waals surface area contributed by atoms with Crippen LogP contribution >= 0.6 is 11.6 Å². The normalized spacial score (nSPS) is 12.9. The predicted molar refractivity (Wildman–Crippen MR) is 56.3 cm³/mol. The lowest BCUT2D eigenvalue weighted by Crippen LogP contribution is -2.03. The summed E-state index contributed by atoms with van der Waals surface area (Å²) >= 11 is 6.05. The standard InChI is InChI=1S/C11H15ClO/c1-3-9-10(8(2)7-13)5-4-6-11(9)12/h4-6,8,13H,3,7H2,1-2H3. The molecule has 0 saturated heterocycles. The average molecular weight is 199 g/mol. The number of halogens is 1. The molecule has 72 valence electrons. The highest BCUT2D eigenvalue weighted by atomic mass is 35.5. The summed E-state index contributed by atoms with van der Waals surface area (Å²) in [7, 11) is 0. The van der Waals surface area contributed by atoms with Crippen molar-refractivity contribution in [2.75, 3.05) is 6.61 Å². The van der Waals surface area contributed by atoms with Crippen molar-refractivity contribution in [1.29, 1.82) is 0 Å².